The highest BCUT2D eigenvalue weighted by atomic mass is 32.2. The third-order valence-corrected chi connectivity index (χ3v) is 3.26. The van der Waals surface area contributed by atoms with Gasteiger partial charge >= 0.3 is 0 Å². The summed E-state index contributed by atoms with van der Waals surface area (Å²) in [6.45, 7) is 1.93. The smallest absolute Gasteiger partial charge is 0.188 e. The Labute approximate surface area is 72.9 Å². The molecule has 0 amide bonds. The molecule has 0 aromatic heterocycles. The molecule has 0 spiro atoms. The molecule has 1 radical (unpaired) electrons. The Bertz CT molecular complexity index is 128. The van der Waals surface area contributed by atoms with Crippen LogP contribution in [-0.4, -0.2) is 10.4 Å². The van der Waals surface area contributed by atoms with E-state index in [1.165, 1.54) is 19.3 Å². The lowest BCUT2D eigenvalue weighted by Crippen LogP contribution is -2.10. The zero-order chi connectivity index (χ0) is 8.10. The van der Waals surface area contributed by atoms with E-state index in [0.717, 1.165) is 6.42 Å². The van der Waals surface area contributed by atoms with Crippen molar-refractivity contribution in [2.45, 2.75) is 44.3 Å². The van der Waals surface area contributed by atoms with E-state index in [9.17, 15) is 4.79 Å². The van der Waals surface area contributed by atoms with Crippen molar-refractivity contribution < 1.29 is 4.79 Å². The number of thioether (sulfide) groups is 1. The third-order valence-electron chi connectivity index (χ3n) is 1.95. The van der Waals surface area contributed by atoms with Gasteiger partial charge in [0.25, 0.3) is 0 Å². The highest BCUT2D eigenvalue weighted by Gasteiger charge is 2.16. The second-order valence-corrected chi connectivity index (χ2v) is 4.28. The Morgan fingerprint density at radius 1 is 1.73 bits per heavy atom. The fourth-order valence-corrected chi connectivity index (χ4v) is 2.34. The Morgan fingerprint density at radius 3 is 3.09 bits per heavy atom. The number of hydrogen-bond acceptors (Lipinski definition) is 2. The average molecular weight is 171 g/mol. The Balaban J connectivity index is 2.19. The highest BCUT2D eigenvalue weighted by Crippen LogP contribution is 2.28. The normalized spacial score (nSPS) is 20.1. The van der Waals surface area contributed by atoms with E-state index in [0.29, 0.717) is 16.8 Å². The highest BCUT2D eigenvalue weighted by molar-refractivity contribution is 8.14. The maximum Gasteiger partial charge on any atom is 0.188 e. The molecule has 0 heterocycles. The summed E-state index contributed by atoms with van der Waals surface area (Å²) >= 11 is 1.55. The summed E-state index contributed by atoms with van der Waals surface area (Å²) in [5, 5.41) is 0.946. The van der Waals surface area contributed by atoms with Gasteiger partial charge in [-0.15, -0.1) is 0 Å². The molecule has 1 rings (SSSR count). The maximum atomic E-state index is 11.0. The molecule has 1 nitrogen and oxygen atoms in total. The fourth-order valence-electron chi connectivity index (χ4n) is 1.29. The predicted octanol–water partition coefficient (Wildman–Crippen LogP) is 2.80. The van der Waals surface area contributed by atoms with Gasteiger partial charge in [0.1, 0.15) is 0 Å². The van der Waals surface area contributed by atoms with Crippen molar-refractivity contribution in [1.82, 2.24) is 0 Å². The molecular weight excluding hydrogens is 156 g/mol. The zero-order valence-electron chi connectivity index (χ0n) is 7.01. The first-order chi connectivity index (χ1) is 5.33. The third kappa shape index (κ3) is 3.28. The maximum absolute atomic E-state index is 11.0. The van der Waals surface area contributed by atoms with E-state index in [-0.39, 0.29) is 0 Å². The lowest BCUT2D eigenvalue weighted by atomic mass is 10.0. The quantitative estimate of drug-likeness (QED) is 0.635. The molecule has 1 atom stereocenters. The van der Waals surface area contributed by atoms with Crippen LogP contribution in [0.1, 0.15) is 39.0 Å². The minimum absolute atomic E-state index is 0.352. The molecule has 1 fully saturated rings. The summed E-state index contributed by atoms with van der Waals surface area (Å²) in [5.41, 5.74) is 0. The molecule has 1 aliphatic rings. The molecule has 1 aliphatic carbocycles. The topological polar surface area (TPSA) is 17.1 Å². The van der Waals surface area contributed by atoms with Crippen molar-refractivity contribution in [3.63, 3.8) is 0 Å². The molecule has 0 aromatic carbocycles. The summed E-state index contributed by atoms with van der Waals surface area (Å²) in [7, 11) is 0. The number of rotatable bonds is 2. The van der Waals surface area contributed by atoms with Gasteiger partial charge in [-0.25, -0.2) is 0 Å². The van der Waals surface area contributed by atoms with E-state index in [1.807, 2.05) is 6.92 Å². The SMILES string of the molecule is CCC(=O)SC1C[CH]CCC1. The summed E-state index contributed by atoms with van der Waals surface area (Å²) < 4.78 is 0. The Kier molecular flexibility index (Phi) is 3.98. The van der Waals surface area contributed by atoms with Gasteiger partial charge in [0.2, 0.25) is 0 Å². The first-order valence-electron chi connectivity index (χ1n) is 4.34. The molecule has 1 unspecified atom stereocenters. The second kappa shape index (κ2) is 4.81. The standard InChI is InChI=1S/C9H15OS/c1-2-9(10)11-8-6-4-3-5-7-8/h4,8H,2-3,5-7H2,1H3. The van der Waals surface area contributed by atoms with Crippen molar-refractivity contribution in [3.05, 3.63) is 6.42 Å². The van der Waals surface area contributed by atoms with Crippen LogP contribution in [0.25, 0.3) is 0 Å². The van der Waals surface area contributed by atoms with Gasteiger partial charge in [-0.3, -0.25) is 4.79 Å². The molecule has 0 bridgehead atoms. The second-order valence-electron chi connectivity index (χ2n) is 2.92. The minimum atomic E-state index is 0.352. The zero-order valence-corrected chi connectivity index (χ0v) is 7.82. The van der Waals surface area contributed by atoms with Gasteiger partial charge in [0, 0.05) is 11.7 Å². The van der Waals surface area contributed by atoms with Crippen molar-refractivity contribution in [3.8, 4) is 0 Å². The van der Waals surface area contributed by atoms with Crippen LogP contribution >= 0.6 is 11.8 Å². The molecule has 2 heteroatoms. The van der Waals surface area contributed by atoms with Crippen LogP contribution in [0.15, 0.2) is 0 Å². The van der Waals surface area contributed by atoms with Crippen LogP contribution < -0.4 is 0 Å². The number of carbonyl (C=O) groups excluding carboxylic acids is 1. The van der Waals surface area contributed by atoms with Crippen LogP contribution in [0.5, 0.6) is 0 Å². The van der Waals surface area contributed by atoms with Crippen molar-refractivity contribution in [1.29, 1.82) is 0 Å². The van der Waals surface area contributed by atoms with Crippen molar-refractivity contribution >= 4 is 16.9 Å². The first-order valence-corrected chi connectivity index (χ1v) is 5.22. The summed E-state index contributed by atoms with van der Waals surface area (Å²) in [6, 6.07) is 0. The molecule has 0 aromatic rings. The molecular formula is C9H15OS. The summed E-state index contributed by atoms with van der Waals surface area (Å²) in [6.07, 6.45) is 7.88. The van der Waals surface area contributed by atoms with Crippen LogP contribution in [-0.2, 0) is 4.79 Å². The fraction of sp³-hybridized carbons (Fsp3) is 0.778. The average Bonchev–Trinajstić information content (AvgIpc) is 2.06. The van der Waals surface area contributed by atoms with E-state index in [4.69, 9.17) is 0 Å². The van der Waals surface area contributed by atoms with E-state index in [1.54, 1.807) is 11.8 Å². The van der Waals surface area contributed by atoms with E-state index < -0.39 is 0 Å². The van der Waals surface area contributed by atoms with Crippen molar-refractivity contribution in [2.24, 2.45) is 0 Å². The van der Waals surface area contributed by atoms with E-state index in [2.05, 4.69) is 6.42 Å². The molecule has 0 N–H and O–H groups in total. The van der Waals surface area contributed by atoms with Crippen LogP contribution in [0, 0.1) is 6.42 Å². The van der Waals surface area contributed by atoms with Gasteiger partial charge in [-0.1, -0.05) is 31.5 Å². The van der Waals surface area contributed by atoms with Gasteiger partial charge in [0.05, 0.1) is 0 Å². The van der Waals surface area contributed by atoms with Crippen LogP contribution in [0.2, 0.25) is 0 Å². The predicted molar refractivity (Wildman–Crippen MR) is 49.4 cm³/mol. The summed E-state index contributed by atoms with van der Waals surface area (Å²) in [4.78, 5) is 11.0. The molecule has 0 aliphatic heterocycles. The molecule has 1 saturated carbocycles. The van der Waals surface area contributed by atoms with Crippen LogP contribution in [0.3, 0.4) is 0 Å². The first kappa shape index (κ1) is 9.11. The van der Waals surface area contributed by atoms with Crippen molar-refractivity contribution in [2.75, 3.05) is 0 Å². The Morgan fingerprint density at radius 2 is 2.55 bits per heavy atom. The van der Waals surface area contributed by atoms with Gasteiger partial charge in [-0.05, 0) is 19.3 Å². The largest absolute Gasteiger partial charge is 0.287 e. The molecule has 0 saturated heterocycles. The number of carbonyl (C=O) groups is 1. The molecule has 63 valence electrons. The van der Waals surface area contributed by atoms with Gasteiger partial charge < -0.3 is 0 Å². The lowest BCUT2D eigenvalue weighted by molar-refractivity contribution is -0.110. The van der Waals surface area contributed by atoms with E-state index >= 15 is 0 Å². The Hall–Kier alpha value is 0.0200. The number of hydrogen-bond donors (Lipinski definition) is 0. The van der Waals surface area contributed by atoms with Crippen LogP contribution in [0.4, 0.5) is 0 Å². The van der Waals surface area contributed by atoms with Gasteiger partial charge in [-0.2, -0.15) is 0 Å². The van der Waals surface area contributed by atoms with Gasteiger partial charge in [0.15, 0.2) is 5.12 Å². The monoisotopic (exact) mass is 171 g/mol. The molecule has 11 heavy (non-hydrogen) atoms. The minimum Gasteiger partial charge on any atom is -0.287 e. The summed E-state index contributed by atoms with van der Waals surface area (Å²) in [5.74, 6) is 0. The lowest BCUT2D eigenvalue weighted by Gasteiger charge is -2.19.